The molecule has 0 amide bonds. The minimum Gasteiger partial charge on any atom is -0.547 e. The Labute approximate surface area is 114 Å². The van der Waals surface area contributed by atoms with Gasteiger partial charge in [0.25, 0.3) is 0 Å². The van der Waals surface area contributed by atoms with Crippen LogP contribution in [0.3, 0.4) is 0 Å². The average Bonchev–Trinajstić information content (AvgIpc) is 2.01. The van der Waals surface area contributed by atoms with E-state index >= 15 is 0 Å². The smallest absolute Gasteiger partial charge is 0.547 e. The third kappa shape index (κ3) is 6.06. The maximum Gasteiger partial charge on any atom is 1.00 e. The summed E-state index contributed by atoms with van der Waals surface area (Å²) >= 11 is 0. The van der Waals surface area contributed by atoms with Gasteiger partial charge in [0.1, 0.15) is 5.60 Å². The number of ether oxygens (including phenoxy) is 1. The zero-order valence-corrected chi connectivity index (χ0v) is 11.1. The van der Waals surface area contributed by atoms with E-state index < -0.39 is 36.4 Å². The van der Waals surface area contributed by atoms with Crippen LogP contribution in [0.4, 0.5) is 0 Å². The summed E-state index contributed by atoms with van der Waals surface area (Å²) in [5.74, 6) is -4.56. The van der Waals surface area contributed by atoms with Crippen LogP contribution in [0.1, 0.15) is 19.8 Å². The molecule has 0 heterocycles. The van der Waals surface area contributed by atoms with Gasteiger partial charge in [-0.1, -0.05) is 0 Å². The standard InChI is InChI=1S/C8H12O7.Na/c1-2-15-6(11)4-8(14,7(12)13)3-5(9)10;/h14H,2-4H2,1H3,(H,9,10)(H,12,13);/q;+1/p-1. The summed E-state index contributed by atoms with van der Waals surface area (Å²) in [6.45, 7) is 1.50. The second kappa shape index (κ2) is 7.61. The summed E-state index contributed by atoms with van der Waals surface area (Å²) in [4.78, 5) is 31.6. The number of rotatable bonds is 6. The molecule has 0 aliphatic carbocycles. The van der Waals surface area contributed by atoms with Gasteiger partial charge in [0, 0.05) is 0 Å². The number of carboxylic acids is 2. The second-order valence-corrected chi connectivity index (χ2v) is 2.87. The third-order valence-corrected chi connectivity index (χ3v) is 1.57. The van der Waals surface area contributed by atoms with Gasteiger partial charge in [-0.3, -0.25) is 9.59 Å². The molecular weight excluding hydrogens is 231 g/mol. The van der Waals surface area contributed by atoms with E-state index in [9.17, 15) is 24.6 Å². The summed E-state index contributed by atoms with van der Waals surface area (Å²) in [6.07, 6.45) is -2.07. The molecule has 8 heteroatoms. The Morgan fingerprint density at radius 1 is 1.31 bits per heavy atom. The van der Waals surface area contributed by atoms with Crippen molar-refractivity contribution in [2.75, 3.05) is 6.61 Å². The number of esters is 1. The van der Waals surface area contributed by atoms with Gasteiger partial charge in [-0.15, -0.1) is 0 Å². The summed E-state index contributed by atoms with van der Waals surface area (Å²) in [6, 6.07) is 0. The Morgan fingerprint density at radius 2 is 1.81 bits per heavy atom. The molecule has 0 rings (SSSR count). The van der Waals surface area contributed by atoms with Crippen LogP contribution in [0.25, 0.3) is 0 Å². The fourth-order valence-corrected chi connectivity index (χ4v) is 0.908. The Morgan fingerprint density at radius 3 is 2.12 bits per heavy atom. The number of carbonyl (C=O) groups excluding carboxylic acids is 2. The maximum atomic E-state index is 10.9. The molecule has 7 nitrogen and oxygen atoms in total. The fraction of sp³-hybridized carbons (Fsp3) is 0.625. The van der Waals surface area contributed by atoms with Crippen molar-refractivity contribution in [2.24, 2.45) is 0 Å². The van der Waals surface area contributed by atoms with Gasteiger partial charge in [0.05, 0.1) is 25.4 Å². The Hall–Kier alpha value is -0.630. The first-order valence-corrected chi connectivity index (χ1v) is 4.13. The number of aliphatic hydroxyl groups is 1. The molecule has 0 fully saturated rings. The van der Waals surface area contributed by atoms with Crippen molar-refractivity contribution < 1.29 is 64.0 Å². The van der Waals surface area contributed by atoms with Crippen molar-refractivity contribution in [1.82, 2.24) is 0 Å². The first-order chi connectivity index (χ1) is 6.81. The van der Waals surface area contributed by atoms with Crippen molar-refractivity contribution in [1.29, 1.82) is 0 Å². The van der Waals surface area contributed by atoms with Crippen LogP contribution in [0.15, 0.2) is 0 Å². The molecule has 0 radical (unpaired) electrons. The SMILES string of the molecule is CCOC(=O)CC(O)(CC(=O)O)C(=O)[O-].[Na+]. The van der Waals surface area contributed by atoms with E-state index in [0.717, 1.165) is 0 Å². The molecular formula is C8H11NaO7. The average molecular weight is 242 g/mol. The number of aliphatic carboxylic acids is 2. The van der Waals surface area contributed by atoms with Gasteiger partial charge >= 0.3 is 41.5 Å². The van der Waals surface area contributed by atoms with Gasteiger partial charge in [-0.05, 0) is 6.92 Å². The second-order valence-electron chi connectivity index (χ2n) is 2.87. The molecule has 0 saturated heterocycles. The van der Waals surface area contributed by atoms with Crippen molar-refractivity contribution in [3.63, 3.8) is 0 Å². The van der Waals surface area contributed by atoms with Gasteiger partial charge in [-0.2, -0.15) is 0 Å². The number of carbonyl (C=O) groups is 3. The molecule has 2 N–H and O–H groups in total. The van der Waals surface area contributed by atoms with Gasteiger partial charge in [0.2, 0.25) is 0 Å². The monoisotopic (exact) mass is 242 g/mol. The summed E-state index contributed by atoms with van der Waals surface area (Å²) in [7, 11) is 0. The molecule has 0 aromatic carbocycles. The predicted molar refractivity (Wildman–Crippen MR) is 43.5 cm³/mol. The van der Waals surface area contributed by atoms with Crippen molar-refractivity contribution in [2.45, 2.75) is 25.4 Å². The van der Waals surface area contributed by atoms with Crippen LogP contribution in [-0.2, 0) is 19.1 Å². The van der Waals surface area contributed by atoms with Crippen LogP contribution in [0.5, 0.6) is 0 Å². The minimum absolute atomic E-state index is 0. The van der Waals surface area contributed by atoms with Crippen LogP contribution < -0.4 is 34.7 Å². The summed E-state index contributed by atoms with van der Waals surface area (Å²) in [5, 5.41) is 28.1. The molecule has 16 heavy (non-hydrogen) atoms. The van der Waals surface area contributed by atoms with E-state index in [1.54, 1.807) is 0 Å². The van der Waals surface area contributed by atoms with E-state index in [0.29, 0.717) is 0 Å². The predicted octanol–water partition coefficient (Wildman–Crippen LogP) is -5.10. The van der Waals surface area contributed by atoms with Crippen molar-refractivity contribution >= 4 is 17.9 Å². The molecule has 0 aliphatic rings. The molecule has 1 atom stereocenters. The molecule has 0 saturated carbocycles. The Kier molecular flexibility index (Phi) is 8.45. The van der Waals surface area contributed by atoms with Crippen LogP contribution in [-0.4, -0.2) is 40.3 Å². The quantitative estimate of drug-likeness (QED) is 0.352. The largest absolute Gasteiger partial charge is 1.00 e. The van der Waals surface area contributed by atoms with E-state index in [2.05, 4.69) is 4.74 Å². The molecule has 1 unspecified atom stereocenters. The zero-order chi connectivity index (χ0) is 12.1. The molecule has 0 spiro atoms. The first-order valence-electron chi connectivity index (χ1n) is 4.13. The first kappa shape index (κ1) is 17.8. The van der Waals surface area contributed by atoms with Crippen LogP contribution >= 0.6 is 0 Å². The Balaban J connectivity index is 0. The number of hydrogen-bond donors (Lipinski definition) is 2. The van der Waals surface area contributed by atoms with Gasteiger partial charge in [-0.25, -0.2) is 0 Å². The van der Waals surface area contributed by atoms with E-state index in [-0.39, 0.29) is 36.2 Å². The number of hydrogen-bond acceptors (Lipinski definition) is 6. The normalized spacial score (nSPS) is 13.1. The maximum absolute atomic E-state index is 10.9. The zero-order valence-electron chi connectivity index (χ0n) is 9.06. The van der Waals surface area contributed by atoms with Crippen molar-refractivity contribution in [3.8, 4) is 0 Å². The number of carboxylic acid groups (broad SMARTS) is 2. The van der Waals surface area contributed by atoms with E-state index in [1.807, 2.05) is 0 Å². The van der Waals surface area contributed by atoms with Crippen molar-refractivity contribution in [3.05, 3.63) is 0 Å². The molecule has 86 valence electrons. The third-order valence-electron chi connectivity index (χ3n) is 1.57. The van der Waals surface area contributed by atoms with Crippen LogP contribution in [0, 0.1) is 0 Å². The summed E-state index contributed by atoms with van der Waals surface area (Å²) in [5.41, 5.74) is -2.72. The topological polar surface area (TPSA) is 124 Å². The Bertz CT molecular complexity index is 278. The molecule has 0 aliphatic heterocycles. The van der Waals surface area contributed by atoms with Gasteiger partial charge in [0.15, 0.2) is 0 Å². The van der Waals surface area contributed by atoms with E-state index in [4.69, 9.17) is 5.11 Å². The minimum atomic E-state index is -2.72. The summed E-state index contributed by atoms with van der Waals surface area (Å²) < 4.78 is 4.39. The van der Waals surface area contributed by atoms with Crippen LogP contribution in [0.2, 0.25) is 0 Å². The molecule has 0 bridgehead atoms. The molecule has 0 aromatic heterocycles. The van der Waals surface area contributed by atoms with Gasteiger partial charge < -0.3 is 24.9 Å². The fourth-order valence-electron chi connectivity index (χ4n) is 0.908. The van der Waals surface area contributed by atoms with E-state index in [1.165, 1.54) is 6.92 Å². The molecule has 0 aromatic rings.